The monoisotopic (exact) mass is 254 g/mol. The predicted molar refractivity (Wildman–Crippen MR) is 62.7 cm³/mol. The second kappa shape index (κ2) is 4.67. The van der Waals surface area contributed by atoms with E-state index in [4.69, 9.17) is 14.9 Å². The second-order valence-electron chi connectivity index (χ2n) is 3.38. The minimum absolute atomic E-state index is 0.143. The lowest BCUT2D eigenvalue weighted by Crippen LogP contribution is -1.94. The first-order chi connectivity index (χ1) is 8.10. The molecule has 17 heavy (non-hydrogen) atoms. The number of oxazole rings is 1. The standard InChI is InChI=1S/C11H11FN2O2S/c1-6-5-16-11(14-6)17-10-4-9(15-2)7(12)3-8(10)13/h3-5H,13H2,1-2H3. The van der Waals surface area contributed by atoms with Crippen molar-refractivity contribution in [1.29, 1.82) is 0 Å². The van der Waals surface area contributed by atoms with Gasteiger partial charge in [0.1, 0.15) is 6.26 Å². The van der Waals surface area contributed by atoms with E-state index in [0.717, 1.165) is 5.69 Å². The van der Waals surface area contributed by atoms with Gasteiger partial charge in [0.05, 0.1) is 12.8 Å². The molecule has 0 aliphatic carbocycles. The summed E-state index contributed by atoms with van der Waals surface area (Å²) in [6.07, 6.45) is 1.54. The molecule has 90 valence electrons. The molecule has 0 unspecified atom stereocenters. The van der Waals surface area contributed by atoms with Crippen molar-refractivity contribution in [3.63, 3.8) is 0 Å². The van der Waals surface area contributed by atoms with Crippen LogP contribution in [0, 0.1) is 12.7 Å². The van der Waals surface area contributed by atoms with E-state index in [1.54, 1.807) is 6.26 Å². The Morgan fingerprint density at radius 2 is 2.24 bits per heavy atom. The third-order valence-corrected chi connectivity index (χ3v) is 3.02. The number of hydrogen-bond donors (Lipinski definition) is 1. The summed E-state index contributed by atoms with van der Waals surface area (Å²) >= 11 is 1.22. The Bertz CT molecular complexity index is 542. The second-order valence-corrected chi connectivity index (χ2v) is 4.37. The summed E-state index contributed by atoms with van der Waals surface area (Å²) in [6.45, 7) is 1.82. The highest BCUT2D eigenvalue weighted by molar-refractivity contribution is 7.99. The first-order valence-corrected chi connectivity index (χ1v) is 5.65. The Morgan fingerprint density at radius 3 is 2.82 bits per heavy atom. The molecule has 1 aromatic carbocycles. The van der Waals surface area contributed by atoms with Gasteiger partial charge in [0.15, 0.2) is 11.6 Å². The quantitative estimate of drug-likeness (QED) is 0.853. The maximum atomic E-state index is 13.3. The minimum atomic E-state index is -0.488. The molecule has 2 aromatic rings. The van der Waals surface area contributed by atoms with E-state index in [-0.39, 0.29) is 5.75 Å². The number of hydrogen-bond acceptors (Lipinski definition) is 5. The van der Waals surface area contributed by atoms with Gasteiger partial charge in [-0.2, -0.15) is 0 Å². The molecule has 2 rings (SSSR count). The SMILES string of the molecule is COc1cc(Sc2nc(C)co2)c(N)cc1F. The Labute approximate surface area is 102 Å². The minimum Gasteiger partial charge on any atom is -0.494 e. The average Bonchev–Trinajstić information content (AvgIpc) is 2.68. The lowest BCUT2D eigenvalue weighted by molar-refractivity contribution is 0.385. The molecule has 0 bridgehead atoms. The van der Waals surface area contributed by atoms with Gasteiger partial charge in [-0.05, 0) is 24.8 Å². The highest BCUT2D eigenvalue weighted by Gasteiger charge is 2.12. The van der Waals surface area contributed by atoms with Crippen molar-refractivity contribution in [3.8, 4) is 5.75 Å². The third kappa shape index (κ3) is 2.52. The van der Waals surface area contributed by atoms with E-state index in [9.17, 15) is 4.39 Å². The van der Waals surface area contributed by atoms with Gasteiger partial charge in [0.2, 0.25) is 0 Å². The first-order valence-electron chi connectivity index (χ1n) is 4.83. The molecule has 6 heteroatoms. The molecule has 0 saturated carbocycles. The summed E-state index contributed by atoms with van der Waals surface area (Å²) in [4.78, 5) is 4.77. The fourth-order valence-corrected chi connectivity index (χ4v) is 2.08. The van der Waals surface area contributed by atoms with Crippen molar-refractivity contribution < 1.29 is 13.5 Å². The number of rotatable bonds is 3. The van der Waals surface area contributed by atoms with Crippen LogP contribution in [0.15, 0.2) is 32.9 Å². The van der Waals surface area contributed by atoms with Crippen LogP contribution >= 0.6 is 11.8 Å². The van der Waals surface area contributed by atoms with Gasteiger partial charge in [0.25, 0.3) is 5.22 Å². The van der Waals surface area contributed by atoms with Crippen molar-refractivity contribution in [3.05, 3.63) is 29.9 Å². The molecule has 2 N–H and O–H groups in total. The molecule has 0 aliphatic heterocycles. The highest BCUT2D eigenvalue weighted by atomic mass is 32.2. The Balaban J connectivity index is 2.32. The van der Waals surface area contributed by atoms with Gasteiger partial charge in [0, 0.05) is 16.6 Å². The molecule has 1 heterocycles. The molecular weight excluding hydrogens is 243 g/mol. The van der Waals surface area contributed by atoms with Crippen LogP contribution in [-0.2, 0) is 0 Å². The van der Waals surface area contributed by atoms with Crippen LogP contribution in [0.3, 0.4) is 0 Å². The lowest BCUT2D eigenvalue weighted by Gasteiger charge is -2.07. The summed E-state index contributed by atoms with van der Waals surface area (Å²) in [5.74, 6) is -0.345. The van der Waals surface area contributed by atoms with E-state index in [0.29, 0.717) is 15.8 Å². The molecule has 0 radical (unpaired) electrons. The van der Waals surface area contributed by atoms with Gasteiger partial charge < -0.3 is 14.9 Å². The molecule has 0 saturated heterocycles. The Morgan fingerprint density at radius 1 is 1.47 bits per heavy atom. The molecule has 1 aromatic heterocycles. The van der Waals surface area contributed by atoms with E-state index in [2.05, 4.69) is 4.98 Å². The molecule has 0 fully saturated rings. The number of ether oxygens (including phenoxy) is 1. The fourth-order valence-electron chi connectivity index (χ4n) is 1.27. The Hall–Kier alpha value is -1.69. The van der Waals surface area contributed by atoms with Crippen molar-refractivity contribution >= 4 is 17.4 Å². The lowest BCUT2D eigenvalue weighted by atomic mass is 10.3. The maximum absolute atomic E-state index is 13.3. The number of anilines is 1. The predicted octanol–water partition coefficient (Wildman–Crippen LogP) is 2.86. The number of nitrogens with zero attached hydrogens (tertiary/aromatic N) is 1. The smallest absolute Gasteiger partial charge is 0.260 e. The summed E-state index contributed by atoms with van der Waals surface area (Å²) in [7, 11) is 1.40. The molecule has 0 spiro atoms. The molecule has 0 amide bonds. The van der Waals surface area contributed by atoms with Crippen LogP contribution in [0.4, 0.5) is 10.1 Å². The summed E-state index contributed by atoms with van der Waals surface area (Å²) in [5.41, 5.74) is 6.81. The fraction of sp³-hybridized carbons (Fsp3) is 0.182. The highest BCUT2D eigenvalue weighted by Crippen LogP contribution is 2.35. The van der Waals surface area contributed by atoms with Crippen LogP contribution in [0.5, 0.6) is 5.75 Å². The van der Waals surface area contributed by atoms with Crippen molar-refractivity contribution in [1.82, 2.24) is 4.98 Å². The average molecular weight is 254 g/mol. The van der Waals surface area contributed by atoms with Gasteiger partial charge in [-0.15, -0.1) is 0 Å². The maximum Gasteiger partial charge on any atom is 0.260 e. The zero-order chi connectivity index (χ0) is 12.4. The molecular formula is C11H11FN2O2S. The number of aromatic nitrogens is 1. The van der Waals surface area contributed by atoms with Crippen molar-refractivity contribution in [2.24, 2.45) is 0 Å². The van der Waals surface area contributed by atoms with E-state index < -0.39 is 5.82 Å². The van der Waals surface area contributed by atoms with Gasteiger partial charge in [-0.3, -0.25) is 0 Å². The topological polar surface area (TPSA) is 61.3 Å². The van der Waals surface area contributed by atoms with Gasteiger partial charge >= 0.3 is 0 Å². The van der Waals surface area contributed by atoms with Crippen LogP contribution in [0.25, 0.3) is 0 Å². The summed E-state index contributed by atoms with van der Waals surface area (Å²) in [5, 5.41) is 0.461. The van der Waals surface area contributed by atoms with Crippen LogP contribution in [0.2, 0.25) is 0 Å². The summed E-state index contributed by atoms with van der Waals surface area (Å²) in [6, 6.07) is 2.74. The number of methoxy groups -OCH3 is 1. The number of nitrogens with two attached hydrogens (primary N) is 1. The van der Waals surface area contributed by atoms with Gasteiger partial charge in [-0.1, -0.05) is 0 Å². The first kappa shape index (κ1) is 11.8. The van der Waals surface area contributed by atoms with E-state index >= 15 is 0 Å². The van der Waals surface area contributed by atoms with Crippen molar-refractivity contribution in [2.75, 3.05) is 12.8 Å². The van der Waals surface area contributed by atoms with Gasteiger partial charge in [-0.25, -0.2) is 9.37 Å². The number of halogens is 1. The van der Waals surface area contributed by atoms with E-state index in [1.165, 1.54) is 31.0 Å². The molecule has 0 aliphatic rings. The number of nitrogen functional groups attached to an aromatic ring is 1. The van der Waals surface area contributed by atoms with E-state index in [1.807, 2.05) is 6.92 Å². The number of aryl methyl sites for hydroxylation is 1. The van der Waals surface area contributed by atoms with Crippen LogP contribution in [0.1, 0.15) is 5.69 Å². The zero-order valence-corrected chi connectivity index (χ0v) is 10.2. The molecule has 4 nitrogen and oxygen atoms in total. The van der Waals surface area contributed by atoms with Crippen LogP contribution < -0.4 is 10.5 Å². The van der Waals surface area contributed by atoms with Crippen LogP contribution in [-0.4, -0.2) is 12.1 Å². The normalized spacial score (nSPS) is 10.5. The number of benzene rings is 1. The third-order valence-electron chi connectivity index (χ3n) is 2.08. The van der Waals surface area contributed by atoms with Crippen molar-refractivity contribution in [2.45, 2.75) is 17.0 Å². The summed E-state index contributed by atoms with van der Waals surface area (Å²) < 4.78 is 23.4. The largest absolute Gasteiger partial charge is 0.494 e. The zero-order valence-electron chi connectivity index (χ0n) is 9.36. The molecule has 0 atom stereocenters. The Kier molecular flexibility index (Phi) is 3.23.